The number of anilines is 1. The van der Waals surface area contributed by atoms with Gasteiger partial charge in [0.2, 0.25) is 6.79 Å². The molecule has 0 spiro atoms. The number of rotatable bonds is 2. The minimum absolute atomic E-state index is 0.223. The van der Waals surface area contributed by atoms with Gasteiger partial charge in [0.05, 0.1) is 14.6 Å². The van der Waals surface area contributed by atoms with E-state index in [1.165, 1.54) is 0 Å². The summed E-state index contributed by atoms with van der Waals surface area (Å²) >= 11 is 6.87. The van der Waals surface area contributed by atoms with E-state index in [1.54, 1.807) is 0 Å². The van der Waals surface area contributed by atoms with Crippen molar-refractivity contribution in [3.05, 3.63) is 26.8 Å². The Kier molecular flexibility index (Phi) is 3.55. The minimum Gasteiger partial charge on any atom is -0.454 e. The van der Waals surface area contributed by atoms with Gasteiger partial charge in [-0.05, 0) is 50.4 Å². The Labute approximate surface area is 132 Å². The number of nitrogen functional groups attached to an aromatic ring is 1. The fraction of sp³-hybridized carbons (Fsp3) is 0.231. The molecule has 2 aromatic rings. The third kappa shape index (κ3) is 2.25. The quantitative estimate of drug-likeness (QED) is 0.834. The van der Waals surface area contributed by atoms with Gasteiger partial charge in [0, 0.05) is 5.56 Å². The molecule has 1 aliphatic heterocycles. The Morgan fingerprint density at radius 1 is 1.25 bits per heavy atom. The molecular formula is C13H11Br2N3O2. The Morgan fingerprint density at radius 2 is 2.05 bits per heavy atom. The zero-order valence-electron chi connectivity index (χ0n) is 10.6. The van der Waals surface area contributed by atoms with Crippen LogP contribution in [-0.2, 0) is 6.42 Å². The lowest BCUT2D eigenvalue weighted by molar-refractivity contribution is 0.173. The van der Waals surface area contributed by atoms with Gasteiger partial charge in [-0.2, -0.15) is 0 Å². The van der Waals surface area contributed by atoms with Gasteiger partial charge in [-0.1, -0.05) is 6.92 Å². The van der Waals surface area contributed by atoms with Crippen molar-refractivity contribution in [2.45, 2.75) is 13.3 Å². The van der Waals surface area contributed by atoms with E-state index in [0.29, 0.717) is 23.1 Å². The van der Waals surface area contributed by atoms with Gasteiger partial charge in [-0.25, -0.2) is 9.97 Å². The van der Waals surface area contributed by atoms with Gasteiger partial charge >= 0.3 is 0 Å². The number of benzene rings is 1. The molecule has 0 bridgehead atoms. The zero-order valence-corrected chi connectivity index (χ0v) is 13.8. The molecule has 1 aromatic heterocycles. The molecule has 104 valence electrons. The first-order chi connectivity index (χ1) is 9.60. The fourth-order valence-electron chi connectivity index (χ4n) is 1.97. The third-order valence-electron chi connectivity index (χ3n) is 2.97. The van der Waals surface area contributed by atoms with Gasteiger partial charge in [0.15, 0.2) is 17.3 Å². The first-order valence-corrected chi connectivity index (χ1v) is 7.60. The van der Waals surface area contributed by atoms with Crippen LogP contribution in [0.1, 0.15) is 12.6 Å². The van der Waals surface area contributed by atoms with E-state index in [9.17, 15) is 0 Å². The van der Waals surface area contributed by atoms with Crippen molar-refractivity contribution < 1.29 is 9.47 Å². The van der Waals surface area contributed by atoms with Gasteiger partial charge in [0.25, 0.3) is 0 Å². The molecule has 0 amide bonds. The molecule has 2 N–H and O–H groups in total. The molecule has 0 aliphatic carbocycles. The van der Waals surface area contributed by atoms with E-state index in [0.717, 1.165) is 26.6 Å². The van der Waals surface area contributed by atoms with Crippen molar-refractivity contribution in [1.29, 1.82) is 0 Å². The number of nitrogens with zero attached hydrogens (tertiary/aromatic N) is 2. The average molecular weight is 401 g/mol. The number of nitrogens with two attached hydrogens (primary N) is 1. The monoisotopic (exact) mass is 399 g/mol. The first-order valence-electron chi connectivity index (χ1n) is 6.01. The maximum Gasteiger partial charge on any atom is 0.231 e. The summed E-state index contributed by atoms with van der Waals surface area (Å²) in [5, 5.41) is 0. The highest BCUT2D eigenvalue weighted by atomic mass is 79.9. The molecule has 2 heterocycles. The van der Waals surface area contributed by atoms with Crippen LogP contribution in [0.5, 0.6) is 11.5 Å². The topological polar surface area (TPSA) is 70.3 Å². The van der Waals surface area contributed by atoms with Crippen LogP contribution in [0.4, 0.5) is 5.82 Å². The predicted octanol–water partition coefficient (Wildman–Crippen LogP) is 3.54. The largest absolute Gasteiger partial charge is 0.454 e. The van der Waals surface area contributed by atoms with Gasteiger partial charge in [-0.15, -0.1) is 0 Å². The molecule has 0 unspecified atom stereocenters. The van der Waals surface area contributed by atoms with Gasteiger partial charge < -0.3 is 15.2 Å². The summed E-state index contributed by atoms with van der Waals surface area (Å²) in [6.07, 6.45) is 0.770. The Hall–Kier alpha value is -1.34. The smallest absolute Gasteiger partial charge is 0.231 e. The van der Waals surface area contributed by atoms with Crippen molar-refractivity contribution in [2.75, 3.05) is 12.5 Å². The van der Waals surface area contributed by atoms with Crippen molar-refractivity contribution in [3.63, 3.8) is 0 Å². The van der Waals surface area contributed by atoms with Crippen LogP contribution in [0.15, 0.2) is 21.1 Å². The van der Waals surface area contributed by atoms with Crippen LogP contribution in [0.3, 0.4) is 0 Å². The summed E-state index contributed by atoms with van der Waals surface area (Å²) < 4.78 is 12.3. The molecule has 7 heteroatoms. The van der Waals surface area contributed by atoms with E-state index in [-0.39, 0.29) is 6.79 Å². The highest BCUT2D eigenvalue weighted by molar-refractivity contribution is 9.11. The average Bonchev–Trinajstić information content (AvgIpc) is 2.90. The third-order valence-corrected chi connectivity index (χ3v) is 4.42. The van der Waals surface area contributed by atoms with Crippen molar-refractivity contribution >= 4 is 37.7 Å². The molecule has 0 saturated carbocycles. The summed E-state index contributed by atoms with van der Waals surface area (Å²) in [7, 11) is 0. The molecule has 0 fully saturated rings. The number of aryl methyl sites for hydroxylation is 1. The second kappa shape index (κ2) is 5.21. The van der Waals surface area contributed by atoms with Gasteiger partial charge in [0.1, 0.15) is 5.82 Å². The lowest BCUT2D eigenvalue weighted by Gasteiger charge is -2.09. The van der Waals surface area contributed by atoms with Crippen molar-refractivity contribution in [1.82, 2.24) is 9.97 Å². The van der Waals surface area contributed by atoms with E-state index >= 15 is 0 Å². The highest BCUT2D eigenvalue weighted by Gasteiger charge is 2.20. The van der Waals surface area contributed by atoms with Crippen LogP contribution in [0.2, 0.25) is 0 Å². The number of fused-ring (bicyclic) bond motifs is 1. The molecule has 1 aliphatic rings. The summed E-state index contributed by atoms with van der Waals surface area (Å²) in [5.74, 6) is 2.38. The molecule has 20 heavy (non-hydrogen) atoms. The molecular weight excluding hydrogens is 390 g/mol. The first kappa shape index (κ1) is 13.6. The van der Waals surface area contributed by atoms with Crippen molar-refractivity contribution in [3.8, 4) is 22.9 Å². The standard InChI is InChI=1S/C13H11Br2N3O2/c1-2-8-10(15)12(16)18-13(17-8)6-3-7(14)11-9(4-6)19-5-20-11/h3-4H,2,5H2,1H3,(H2,16,17,18). The minimum atomic E-state index is 0.223. The second-order valence-electron chi connectivity index (χ2n) is 4.24. The molecule has 0 saturated heterocycles. The number of hydrogen-bond donors (Lipinski definition) is 1. The SMILES string of the molecule is CCc1nc(-c2cc(Br)c3c(c2)OCO3)nc(N)c1Br. The highest BCUT2D eigenvalue weighted by Crippen LogP contribution is 2.42. The summed E-state index contributed by atoms with van der Waals surface area (Å²) in [6.45, 7) is 2.24. The zero-order chi connectivity index (χ0) is 14.3. The van der Waals surface area contributed by atoms with Crippen molar-refractivity contribution in [2.24, 2.45) is 0 Å². The summed E-state index contributed by atoms with van der Waals surface area (Å²) in [5.41, 5.74) is 7.62. The number of ether oxygens (including phenoxy) is 2. The predicted molar refractivity (Wildman–Crippen MR) is 82.8 cm³/mol. The van der Waals surface area contributed by atoms with Crippen LogP contribution in [-0.4, -0.2) is 16.8 Å². The molecule has 3 rings (SSSR count). The maximum absolute atomic E-state index is 5.92. The van der Waals surface area contributed by atoms with E-state index in [4.69, 9.17) is 15.2 Å². The molecule has 5 nitrogen and oxygen atoms in total. The Bertz CT molecular complexity index is 683. The van der Waals surface area contributed by atoms with E-state index in [2.05, 4.69) is 41.8 Å². The summed E-state index contributed by atoms with van der Waals surface area (Å²) in [6, 6.07) is 3.75. The van der Waals surface area contributed by atoms with Crippen LogP contribution < -0.4 is 15.2 Å². The van der Waals surface area contributed by atoms with E-state index in [1.807, 2.05) is 19.1 Å². The van der Waals surface area contributed by atoms with E-state index < -0.39 is 0 Å². The maximum atomic E-state index is 5.92. The summed E-state index contributed by atoms with van der Waals surface area (Å²) in [4.78, 5) is 8.85. The van der Waals surface area contributed by atoms with Crippen LogP contribution in [0, 0.1) is 0 Å². The number of halogens is 2. The lowest BCUT2D eigenvalue weighted by Crippen LogP contribution is -2.02. The number of aromatic nitrogens is 2. The second-order valence-corrected chi connectivity index (χ2v) is 5.89. The lowest BCUT2D eigenvalue weighted by atomic mass is 10.2. The van der Waals surface area contributed by atoms with Crippen LogP contribution >= 0.6 is 31.9 Å². The molecule has 1 aromatic carbocycles. The molecule has 0 atom stereocenters. The Morgan fingerprint density at radius 3 is 2.80 bits per heavy atom. The van der Waals surface area contributed by atoms with Crippen LogP contribution in [0.25, 0.3) is 11.4 Å². The number of hydrogen-bond acceptors (Lipinski definition) is 5. The van der Waals surface area contributed by atoms with Gasteiger partial charge in [-0.3, -0.25) is 0 Å². The fourth-order valence-corrected chi connectivity index (χ4v) is 2.99. The normalized spacial score (nSPS) is 12.8. The molecule has 0 radical (unpaired) electrons. The Balaban J connectivity index is 2.14.